The van der Waals surface area contributed by atoms with E-state index in [1.54, 1.807) is 0 Å². The molecular weight excluding hydrogens is 250 g/mol. The van der Waals surface area contributed by atoms with Crippen molar-refractivity contribution in [3.63, 3.8) is 0 Å². The van der Waals surface area contributed by atoms with Crippen LogP contribution < -0.4 is 0 Å². The van der Waals surface area contributed by atoms with Crippen LogP contribution in [-0.2, 0) is 15.1 Å². The molecule has 2 unspecified atom stereocenters. The lowest BCUT2D eigenvalue weighted by atomic mass is 9.57. The van der Waals surface area contributed by atoms with Crippen molar-refractivity contribution in [2.24, 2.45) is 11.3 Å². The maximum atomic E-state index is 12.2. The fraction of sp³-hybridized carbons (Fsp3) is 0.529. The molecular formula is C17H19NO2. The molecule has 3 nitrogen and oxygen atoms in total. The smallest absolute Gasteiger partial charge is 0.324 e. The Morgan fingerprint density at radius 1 is 1.20 bits per heavy atom. The monoisotopic (exact) mass is 269 g/mol. The number of hydrogen-bond acceptors (Lipinski definition) is 3. The number of nitrogens with zero attached hydrogens (tertiary/aromatic N) is 1. The van der Waals surface area contributed by atoms with Crippen molar-refractivity contribution in [1.82, 2.24) is 0 Å². The van der Waals surface area contributed by atoms with Crippen LogP contribution >= 0.6 is 0 Å². The highest BCUT2D eigenvalue weighted by molar-refractivity contribution is 5.80. The maximum absolute atomic E-state index is 12.2. The van der Waals surface area contributed by atoms with Crippen LogP contribution in [0.5, 0.6) is 0 Å². The summed E-state index contributed by atoms with van der Waals surface area (Å²) in [6, 6.07) is 12.1. The molecule has 1 aliphatic heterocycles. The number of benzene rings is 1. The van der Waals surface area contributed by atoms with Crippen LogP contribution in [0.15, 0.2) is 30.3 Å². The van der Waals surface area contributed by atoms with Crippen molar-refractivity contribution < 1.29 is 9.53 Å². The van der Waals surface area contributed by atoms with Crippen LogP contribution in [0.25, 0.3) is 0 Å². The summed E-state index contributed by atoms with van der Waals surface area (Å²) in [5.74, 6) is -0.978. The largest absolute Gasteiger partial charge is 0.453 e. The first kappa shape index (κ1) is 13.2. The van der Waals surface area contributed by atoms with Gasteiger partial charge in [-0.15, -0.1) is 0 Å². The minimum Gasteiger partial charge on any atom is -0.453 e. The third-order valence-electron chi connectivity index (χ3n) is 5.24. The summed E-state index contributed by atoms with van der Waals surface area (Å²) in [5.41, 5.74) is -0.0297. The van der Waals surface area contributed by atoms with Gasteiger partial charge in [-0.25, -0.2) is 0 Å². The van der Waals surface area contributed by atoms with E-state index in [0.29, 0.717) is 0 Å². The molecule has 1 saturated carbocycles. The Hall–Kier alpha value is -1.82. The summed E-state index contributed by atoms with van der Waals surface area (Å²) in [6.45, 7) is 1.99. The van der Waals surface area contributed by atoms with Gasteiger partial charge in [0.2, 0.25) is 0 Å². The summed E-state index contributed by atoms with van der Waals surface area (Å²) in [4.78, 5) is 12.2. The van der Waals surface area contributed by atoms with Gasteiger partial charge in [-0.05, 0) is 25.3 Å². The lowest BCUT2D eigenvalue weighted by Crippen LogP contribution is -2.44. The standard InChI is InChI=1S/C17H19NO2/c1-16(13-8-4-2-5-9-13)17(10-6-3-7-11-17)14(12-18)15(19)20-16/h2,4-5,8-9,14H,3,6-7,10-11H2,1H3. The number of cyclic esters (lactones) is 1. The predicted molar refractivity (Wildman–Crippen MR) is 74.5 cm³/mol. The van der Waals surface area contributed by atoms with E-state index in [4.69, 9.17) is 4.74 Å². The van der Waals surface area contributed by atoms with Crippen LogP contribution in [0.3, 0.4) is 0 Å². The second-order valence-electron chi connectivity index (χ2n) is 6.10. The predicted octanol–water partition coefficient (Wildman–Crippen LogP) is 3.55. The molecule has 1 aromatic carbocycles. The minimum absolute atomic E-state index is 0.347. The Morgan fingerprint density at radius 2 is 1.85 bits per heavy atom. The molecule has 104 valence electrons. The summed E-state index contributed by atoms with van der Waals surface area (Å²) in [5, 5.41) is 9.48. The normalized spacial score (nSPS) is 31.8. The molecule has 20 heavy (non-hydrogen) atoms. The summed E-state index contributed by atoms with van der Waals surface area (Å²) in [6.07, 6.45) is 5.10. The highest BCUT2D eigenvalue weighted by Gasteiger charge is 2.64. The molecule has 1 aromatic rings. The van der Waals surface area contributed by atoms with Gasteiger partial charge in [0, 0.05) is 5.41 Å². The third-order valence-corrected chi connectivity index (χ3v) is 5.24. The van der Waals surface area contributed by atoms with E-state index in [-0.39, 0.29) is 11.4 Å². The van der Waals surface area contributed by atoms with Gasteiger partial charge in [0.05, 0.1) is 6.07 Å². The van der Waals surface area contributed by atoms with E-state index < -0.39 is 11.5 Å². The highest BCUT2D eigenvalue weighted by atomic mass is 16.6. The molecule has 3 rings (SSSR count). The van der Waals surface area contributed by atoms with Crippen molar-refractivity contribution >= 4 is 5.97 Å². The van der Waals surface area contributed by atoms with E-state index in [1.165, 1.54) is 6.42 Å². The van der Waals surface area contributed by atoms with Gasteiger partial charge < -0.3 is 4.74 Å². The lowest BCUT2D eigenvalue weighted by Gasteiger charge is -2.45. The first-order chi connectivity index (χ1) is 9.64. The van der Waals surface area contributed by atoms with Crippen LogP contribution in [-0.4, -0.2) is 5.97 Å². The lowest BCUT2D eigenvalue weighted by molar-refractivity contribution is -0.152. The third kappa shape index (κ3) is 1.61. The van der Waals surface area contributed by atoms with Crippen molar-refractivity contribution in [2.75, 3.05) is 0 Å². The molecule has 0 N–H and O–H groups in total. The second-order valence-corrected chi connectivity index (χ2v) is 6.10. The molecule has 2 fully saturated rings. The Balaban J connectivity index is 2.14. The fourth-order valence-electron chi connectivity index (χ4n) is 4.09. The van der Waals surface area contributed by atoms with E-state index in [9.17, 15) is 10.1 Å². The van der Waals surface area contributed by atoms with Crippen LogP contribution in [0.4, 0.5) is 0 Å². The Morgan fingerprint density at radius 3 is 2.45 bits per heavy atom. The fourth-order valence-corrected chi connectivity index (χ4v) is 4.09. The summed E-state index contributed by atoms with van der Waals surface area (Å²) >= 11 is 0. The zero-order valence-electron chi connectivity index (χ0n) is 11.8. The molecule has 1 spiro atoms. The molecule has 3 heteroatoms. The minimum atomic E-state index is -0.674. The number of nitriles is 1. The van der Waals surface area contributed by atoms with Crippen molar-refractivity contribution in [3.05, 3.63) is 35.9 Å². The van der Waals surface area contributed by atoms with Gasteiger partial charge >= 0.3 is 5.97 Å². The Labute approximate surface area is 119 Å². The molecule has 0 aromatic heterocycles. The quantitative estimate of drug-likeness (QED) is 0.732. The SMILES string of the molecule is CC1(c2ccccc2)OC(=O)C(C#N)C12CCCCC2. The van der Waals surface area contributed by atoms with E-state index >= 15 is 0 Å². The van der Waals surface area contributed by atoms with Gasteiger partial charge in [0.1, 0.15) is 5.60 Å². The van der Waals surface area contributed by atoms with Gasteiger partial charge in [-0.1, -0.05) is 49.6 Å². The molecule has 2 atom stereocenters. The molecule has 1 aliphatic carbocycles. The van der Waals surface area contributed by atoms with Crippen molar-refractivity contribution in [1.29, 1.82) is 5.26 Å². The van der Waals surface area contributed by atoms with Gasteiger partial charge in [0.15, 0.2) is 5.92 Å². The van der Waals surface area contributed by atoms with Gasteiger partial charge in [-0.3, -0.25) is 4.79 Å². The van der Waals surface area contributed by atoms with Gasteiger partial charge in [-0.2, -0.15) is 5.26 Å². The van der Waals surface area contributed by atoms with E-state index in [0.717, 1.165) is 31.2 Å². The average molecular weight is 269 g/mol. The van der Waals surface area contributed by atoms with Crippen LogP contribution in [0, 0.1) is 22.7 Å². The average Bonchev–Trinajstić information content (AvgIpc) is 2.69. The number of carbonyl (C=O) groups is 1. The number of esters is 1. The van der Waals surface area contributed by atoms with Crippen LogP contribution in [0.1, 0.15) is 44.6 Å². The molecule has 0 amide bonds. The van der Waals surface area contributed by atoms with Crippen LogP contribution in [0.2, 0.25) is 0 Å². The van der Waals surface area contributed by atoms with E-state index in [1.807, 2.05) is 37.3 Å². The number of ether oxygens (including phenoxy) is 1. The Bertz CT molecular complexity index is 554. The molecule has 1 heterocycles. The number of carbonyl (C=O) groups excluding carboxylic acids is 1. The maximum Gasteiger partial charge on any atom is 0.324 e. The molecule has 0 bridgehead atoms. The first-order valence-corrected chi connectivity index (χ1v) is 7.32. The zero-order chi connectivity index (χ0) is 14.2. The second kappa shape index (κ2) is 4.63. The van der Waals surface area contributed by atoms with Crippen molar-refractivity contribution in [2.45, 2.75) is 44.6 Å². The summed E-state index contributed by atoms with van der Waals surface area (Å²) < 4.78 is 5.77. The summed E-state index contributed by atoms with van der Waals surface area (Å²) in [7, 11) is 0. The van der Waals surface area contributed by atoms with Gasteiger partial charge in [0.25, 0.3) is 0 Å². The topological polar surface area (TPSA) is 50.1 Å². The molecule has 2 aliphatic rings. The molecule has 0 radical (unpaired) electrons. The Kier molecular flexibility index (Phi) is 3.05. The number of hydrogen-bond donors (Lipinski definition) is 0. The zero-order valence-corrected chi connectivity index (χ0v) is 11.8. The van der Waals surface area contributed by atoms with Crippen molar-refractivity contribution in [3.8, 4) is 6.07 Å². The highest BCUT2D eigenvalue weighted by Crippen LogP contribution is 2.60. The first-order valence-electron chi connectivity index (χ1n) is 7.32. The van der Waals surface area contributed by atoms with E-state index in [2.05, 4.69) is 6.07 Å². The number of rotatable bonds is 1. The molecule has 1 saturated heterocycles.